The Bertz CT molecular complexity index is 825. The fourth-order valence-corrected chi connectivity index (χ4v) is 2.81. The molecule has 0 aliphatic heterocycles. The first kappa shape index (κ1) is 15.7. The highest BCUT2D eigenvalue weighted by molar-refractivity contribution is 7.87. The summed E-state index contributed by atoms with van der Waals surface area (Å²) in [6.45, 7) is 4.13. The van der Waals surface area contributed by atoms with Crippen molar-refractivity contribution in [1.29, 1.82) is 0 Å². The number of hydrogen-bond donors (Lipinski definition) is 3. The number of aromatic nitrogens is 1. The largest absolute Gasteiger partial charge is 0.322 e. The standard InChI is InChI=1S/C14H19N3O3S/c1-9-6-10(2)12-8-11(14(18)17-13(12)7-9)4-5-16-21(19,20)15-3/h6-8,15-16H,4-5H2,1-3H3,(H,17,18). The van der Waals surface area contributed by atoms with E-state index in [1.165, 1.54) is 7.05 Å². The summed E-state index contributed by atoms with van der Waals surface area (Å²) in [7, 11) is -2.14. The van der Waals surface area contributed by atoms with Crippen LogP contribution in [0.25, 0.3) is 10.9 Å². The molecular formula is C14H19N3O3S. The highest BCUT2D eigenvalue weighted by Crippen LogP contribution is 2.18. The van der Waals surface area contributed by atoms with E-state index in [0.717, 1.165) is 22.0 Å². The van der Waals surface area contributed by atoms with Crippen molar-refractivity contribution in [3.8, 4) is 0 Å². The molecule has 3 N–H and O–H groups in total. The number of nitrogens with one attached hydrogen (secondary N) is 3. The SMILES string of the molecule is CNS(=O)(=O)NCCc1cc2c(C)cc(C)cc2[nH]c1=O. The molecule has 0 amide bonds. The summed E-state index contributed by atoms with van der Waals surface area (Å²) in [5.74, 6) is 0. The summed E-state index contributed by atoms with van der Waals surface area (Å²) >= 11 is 0. The van der Waals surface area contributed by atoms with Crippen molar-refractivity contribution in [2.45, 2.75) is 20.3 Å². The molecule has 0 saturated heterocycles. The van der Waals surface area contributed by atoms with Gasteiger partial charge in [0, 0.05) is 30.1 Å². The first-order valence-electron chi connectivity index (χ1n) is 6.63. The Balaban J connectivity index is 2.29. The van der Waals surface area contributed by atoms with Crippen molar-refractivity contribution >= 4 is 21.1 Å². The molecule has 0 bridgehead atoms. The molecule has 0 radical (unpaired) electrons. The molecule has 0 aliphatic rings. The smallest absolute Gasteiger partial charge is 0.276 e. The molecule has 0 atom stereocenters. The maximum absolute atomic E-state index is 12.0. The van der Waals surface area contributed by atoms with E-state index in [1.54, 1.807) is 0 Å². The summed E-state index contributed by atoms with van der Waals surface area (Å²) in [6, 6.07) is 5.81. The van der Waals surface area contributed by atoms with Crippen LogP contribution < -0.4 is 15.0 Å². The highest BCUT2D eigenvalue weighted by Gasteiger charge is 2.08. The topological polar surface area (TPSA) is 91.1 Å². The second kappa shape index (κ2) is 5.97. The van der Waals surface area contributed by atoms with E-state index >= 15 is 0 Å². The average molecular weight is 309 g/mol. The predicted molar refractivity (Wildman–Crippen MR) is 83.7 cm³/mol. The number of H-pyrrole nitrogens is 1. The number of benzene rings is 1. The van der Waals surface area contributed by atoms with Gasteiger partial charge >= 0.3 is 0 Å². The van der Waals surface area contributed by atoms with Gasteiger partial charge in [0.2, 0.25) is 0 Å². The van der Waals surface area contributed by atoms with Crippen molar-refractivity contribution in [3.63, 3.8) is 0 Å². The van der Waals surface area contributed by atoms with Crippen LogP contribution in [0.15, 0.2) is 23.0 Å². The van der Waals surface area contributed by atoms with Gasteiger partial charge in [-0.2, -0.15) is 8.42 Å². The van der Waals surface area contributed by atoms with Gasteiger partial charge in [-0.3, -0.25) is 4.79 Å². The molecule has 1 aromatic carbocycles. The van der Waals surface area contributed by atoms with Crippen molar-refractivity contribution in [2.75, 3.05) is 13.6 Å². The van der Waals surface area contributed by atoms with E-state index in [0.29, 0.717) is 12.0 Å². The van der Waals surface area contributed by atoms with Gasteiger partial charge in [-0.1, -0.05) is 6.07 Å². The molecule has 2 rings (SSSR count). The molecule has 1 aromatic heterocycles. The predicted octanol–water partition coefficient (Wildman–Crippen LogP) is 0.741. The zero-order valence-electron chi connectivity index (χ0n) is 12.3. The van der Waals surface area contributed by atoms with Crippen molar-refractivity contribution < 1.29 is 8.42 Å². The molecular weight excluding hydrogens is 290 g/mol. The number of hydrogen-bond acceptors (Lipinski definition) is 3. The minimum atomic E-state index is -3.47. The molecule has 0 unspecified atom stereocenters. The van der Waals surface area contributed by atoms with Crippen LogP contribution >= 0.6 is 0 Å². The Labute approximate surface area is 123 Å². The number of aryl methyl sites for hydroxylation is 2. The van der Waals surface area contributed by atoms with Gasteiger partial charge in [0.15, 0.2) is 0 Å². The van der Waals surface area contributed by atoms with Crippen molar-refractivity contribution in [3.05, 3.63) is 45.2 Å². The summed E-state index contributed by atoms with van der Waals surface area (Å²) in [5.41, 5.74) is 3.35. The van der Waals surface area contributed by atoms with E-state index in [4.69, 9.17) is 0 Å². The molecule has 0 fully saturated rings. The second-order valence-corrected chi connectivity index (χ2v) is 6.72. The Morgan fingerprint density at radius 1 is 1.19 bits per heavy atom. The normalized spacial score (nSPS) is 12.0. The summed E-state index contributed by atoms with van der Waals surface area (Å²) in [4.78, 5) is 14.9. The monoisotopic (exact) mass is 309 g/mol. The quantitative estimate of drug-likeness (QED) is 0.761. The Kier molecular flexibility index (Phi) is 4.46. The summed E-state index contributed by atoms with van der Waals surface area (Å²) < 4.78 is 27.1. The zero-order valence-corrected chi connectivity index (χ0v) is 13.1. The van der Waals surface area contributed by atoms with Gasteiger partial charge < -0.3 is 4.98 Å². The van der Waals surface area contributed by atoms with E-state index < -0.39 is 10.2 Å². The van der Waals surface area contributed by atoms with Gasteiger partial charge in [-0.15, -0.1) is 0 Å². The summed E-state index contributed by atoms with van der Waals surface area (Å²) in [5, 5.41) is 0.978. The average Bonchev–Trinajstić information content (AvgIpc) is 2.39. The van der Waals surface area contributed by atoms with Crippen LogP contribution in [0.1, 0.15) is 16.7 Å². The molecule has 1 heterocycles. The second-order valence-electron chi connectivity index (χ2n) is 5.02. The Morgan fingerprint density at radius 2 is 1.90 bits per heavy atom. The lowest BCUT2D eigenvalue weighted by Gasteiger charge is -2.08. The van der Waals surface area contributed by atoms with E-state index in [-0.39, 0.29) is 12.1 Å². The maximum Gasteiger partial charge on any atom is 0.276 e. The Hall–Kier alpha value is -1.70. The molecule has 2 aromatic rings. The molecule has 0 aliphatic carbocycles. The third kappa shape index (κ3) is 3.69. The van der Waals surface area contributed by atoms with Gasteiger partial charge in [0.05, 0.1) is 0 Å². The van der Waals surface area contributed by atoms with Crippen LogP contribution in [-0.4, -0.2) is 27.0 Å². The zero-order chi connectivity index (χ0) is 15.6. The van der Waals surface area contributed by atoms with E-state index in [1.807, 2.05) is 32.0 Å². The number of pyridine rings is 1. The van der Waals surface area contributed by atoms with Gasteiger partial charge in [0.1, 0.15) is 0 Å². The minimum Gasteiger partial charge on any atom is -0.322 e. The first-order valence-corrected chi connectivity index (χ1v) is 8.12. The lowest BCUT2D eigenvalue weighted by molar-refractivity contribution is 0.573. The van der Waals surface area contributed by atoms with Gasteiger partial charge in [0.25, 0.3) is 15.8 Å². The molecule has 7 heteroatoms. The van der Waals surface area contributed by atoms with Crippen molar-refractivity contribution in [2.24, 2.45) is 0 Å². The summed E-state index contributed by atoms with van der Waals surface area (Å²) in [6.07, 6.45) is 0.333. The van der Waals surface area contributed by atoms with Crippen LogP contribution in [-0.2, 0) is 16.6 Å². The number of fused-ring (bicyclic) bond motifs is 1. The lowest BCUT2D eigenvalue weighted by atomic mass is 10.0. The van der Waals surface area contributed by atoms with Gasteiger partial charge in [-0.05, 0) is 43.5 Å². The van der Waals surface area contributed by atoms with E-state index in [2.05, 4.69) is 14.4 Å². The molecule has 114 valence electrons. The van der Waals surface area contributed by atoms with Gasteiger partial charge in [-0.25, -0.2) is 9.44 Å². The third-order valence-corrected chi connectivity index (χ3v) is 4.47. The van der Waals surface area contributed by atoms with E-state index in [9.17, 15) is 13.2 Å². The molecule has 21 heavy (non-hydrogen) atoms. The third-order valence-electron chi connectivity index (χ3n) is 3.34. The van der Waals surface area contributed by atoms with Crippen LogP contribution in [0.3, 0.4) is 0 Å². The Morgan fingerprint density at radius 3 is 2.57 bits per heavy atom. The fraction of sp³-hybridized carbons (Fsp3) is 0.357. The minimum absolute atomic E-state index is 0.169. The lowest BCUT2D eigenvalue weighted by Crippen LogP contribution is -2.35. The molecule has 0 saturated carbocycles. The van der Waals surface area contributed by atoms with Crippen LogP contribution in [0.2, 0.25) is 0 Å². The highest BCUT2D eigenvalue weighted by atomic mass is 32.2. The fourth-order valence-electron chi connectivity index (χ4n) is 2.29. The van der Waals surface area contributed by atoms with Crippen molar-refractivity contribution in [1.82, 2.24) is 14.4 Å². The molecule has 6 nitrogen and oxygen atoms in total. The van der Waals surface area contributed by atoms with Crippen LogP contribution in [0.4, 0.5) is 0 Å². The maximum atomic E-state index is 12.0. The number of aromatic amines is 1. The molecule has 0 spiro atoms. The first-order chi connectivity index (χ1) is 9.82. The number of rotatable bonds is 5. The van der Waals surface area contributed by atoms with Crippen LogP contribution in [0, 0.1) is 13.8 Å². The van der Waals surface area contributed by atoms with Crippen LogP contribution in [0.5, 0.6) is 0 Å².